The topological polar surface area (TPSA) is 61.8 Å². The van der Waals surface area contributed by atoms with Crippen LogP contribution in [-0.2, 0) is 17.5 Å². The highest BCUT2D eigenvalue weighted by molar-refractivity contribution is 7.97. The van der Waals surface area contributed by atoms with Crippen molar-refractivity contribution in [3.63, 3.8) is 0 Å². The third-order valence-corrected chi connectivity index (χ3v) is 4.38. The van der Waals surface area contributed by atoms with Crippen LogP contribution in [0.4, 0.5) is 13.2 Å². The van der Waals surface area contributed by atoms with Gasteiger partial charge in [0.2, 0.25) is 0 Å². The number of nitrogens with one attached hydrogen (secondary N) is 1. The first-order valence-corrected chi connectivity index (χ1v) is 8.25. The highest BCUT2D eigenvalue weighted by Crippen LogP contribution is 2.30. The second-order valence-corrected chi connectivity index (χ2v) is 6.46. The molecule has 0 unspecified atom stereocenters. The highest BCUT2D eigenvalue weighted by atomic mass is 32.2. The molecule has 0 aliphatic carbocycles. The number of hydrogen-bond acceptors (Lipinski definition) is 5. The molecule has 0 aliphatic rings. The fraction of sp³-hybridized carbons (Fsp3) is 0.235. The molecule has 0 aromatic heterocycles. The quantitative estimate of drug-likeness (QED) is 0.431. The minimum atomic E-state index is -4.40. The van der Waals surface area contributed by atoms with Crippen LogP contribution in [0, 0.1) is 0 Å². The Labute approximate surface area is 152 Å². The van der Waals surface area contributed by atoms with Crippen LogP contribution in [0.25, 0.3) is 0 Å². The summed E-state index contributed by atoms with van der Waals surface area (Å²) in [5.74, 6) is 0.0506. The lowest BCUT2D eigenvalue weighted by molar-refractivity contribution is -0.137. The van der Waals surface area contributed by atoms with E-state index in [9.17, 15) is 18.0 Å². The maximum Gasteiger partial charge on any atom is 0.416 e. The van der Waals surface area contributed by atoms with E-state index >= 15 is 0 Å². The van der Waals surface area contributed by atoms with Crippen molar-refractivity contribution in [1.29, 1.82) is 0 Å². The Balaban J connectivity index is 2.11. The molecule has 0 saturated heterocycles. The molecule has 0 bridgehead atoms. The van der Waals surface area contributed by atoms with E-state index in [1.807, 2.05) is 0 Å². The lowest BCUT2D eigenvalue weighted by Gasteiger charge is -2.20. The van der Waals surface area contributed by atoms with E-state index in [0.29, 0.717) is 11.3 Å². The molecular formula is C17H17F3N2O3S. The molecule has 0 spiro atoms. The Morgan fingerprint density at radius 2 is 1.77 bits per heavy atom. The standard InChI is InChI=1S/C17H17F3N2O3S/c1-25-14-6-8-15(9-7-14)26-22(11-16(23)21-24)10-12-2-4-13(5-3-12)17(18,19)20/h2-9,24H,10-11H2,1H3,(H,21,23). The number of benzene rings is 2. The molecule has 9 heteroatoms. The van der Waals surface area contributed by atoms with Crippen LogP contribution in [0.1, 0.15) is 11.1 Å². The fourth-order valence-corrected chi connectivity index (χ4v) is 3.06. The van der Waals surface area contributed by atoms with Crippen molar-refractivity contribution >= 4 is 17.9 Å². The van der Waals surface area contributed by atoms with Crippen LogP contribution < -0.4 is 10.2 Å². The minimum absolute atomic E-state index is 0.145. The van der Waals surface area contributed by atoms with Crippen molar-refractivity contribution in [3.8, 4) is 5.75 Å². The van der Waals surface area contributed by atoms with Gasteiger partial charge < -0.3 is 4.74 Å². The van der Waals surface area contributed by atoms with Crippen molar-refractivity contribution in [2.24, 2.45) is 0 Å². The number of carbonyl (C=O) groups excluding carboxylic acids is 1. The maximum absolute atomic E-state index is 12.6. The van der Waals surface area contributed by atoms with Gasteiger partial charge in [-0.1, -0.05) is 12.1 Å². The van der Waals surface area contributed by atoms with Crippen LogP contribution >= 0.6 is 11.9 Å². The van der Waals surface area contributed by atoms with Crippen molar-refractivity contribution in [3.05, 3.63) is 59.7 Å². The van der Waals surface area contributed by atoms with Crippen molar-refractivity contribution < 1.29 is 27.9 Å². The molecule has 2 aromatic carbocycles. The third kappa shape index (κ3) is 5.94. The summed E-state index contributed by atoms with van der Waals surface area (Å²) in [6.07, 6.45) is -4.40. The Morgan fingerprint density at radius 1 is 1.15 bits per heavy atom. The molecule has 0 heterocycles. The van der Waals surface area contributed by atoms with Crippen molar-refractivity contribution in [2.45, 2.75) is 17.6 Å². The molecule has 26 heavy (non-hydrogen) atoms. The zero-order valence-corrected chi connectivity index (χ0v) is 14.6. The summed E-state index contributed by atoms with van der Waals surface area (Å²) in [6.45, 7) is 0.0659. The van der Waals surface area contributed by atoms with Gasteiger partial charge in [0, 0.05) is 11.4 Å². The Hall–Kier alpha value is -2.23. The summed E-state index contributed by atoms with van der Waals surface area (Å²) in [7, 11) is 1.55. The van der Waals surface area contributed by atoms with Gasteiger partial charge in [0.05, 0.1) is 19.2 Å². The van der Waals surface area contributed by atoms with Gasteiger partial charge in [-0.3, -0.25) is 10.0 Å². The Kier molecular flexibility index (Phi) is 6.90. The number of hydroxylamine groups is 1. The summed E-state index contributed by atoms with van der Waals surface area (Å²) in [5, 5.41) is 8.73. The molecule has 2 rings (SSSR count). The fourth-order valence-electron chi connectivity index (χ4n) is 2.10. The lowest BCUT2D eigenvalue weighted by atomic mass is 10.1. The van der Waals surface area contributed by atoms with Crippen molar-refractivity contribution in [2.75, 3.05) is 13.7 Å². The van der Waals surface area contributed by atoms with Crippen LogP contribution in [0.15, 0.2) is 53.4 Å². The second-order valence-electron chi connectivity index (χ2n) is 5.29. The van der Waals surface area contributed by atoms with E-state index in [1.54, 1.807) is 41.2 Å². The molecular weight excluding hydrogens is 369 g/mol. The molecule has 140 valence electrons. The van der Waals surface area contributed by atoms with Crippen LogP contribution in [0.2, 0.25) is 0 Å². The molecule has 0 radical (unpaired) electrons. The summed E-state index contributed by atoms with van der Waals surface area (Å²) in [6, 6.07) is 11.8. The van der Waals surface area contributed by atoms with Gasteiger partial charge in [0.25, 0.3) is 5.91 Å². The first-order chi connectivity index (χ1) is 12.3. The average Bonchev–Trinajstić information content (AvgIpc) is 2.62. The van der Waals surface area contributed by atoms with Gasteiger partial charge >= 0.3 is 6.18 Å². The Bertz CT molecular complexity index is 722. The summed E-state index contributed by atoms with van der Waals surface area (Å²) >= 11 is 1.24. The zero-order valence-electron chi connectivity index (χ0n) is 13.8. The van der Waals surface area contributed by atoms with E-state index in [1.165, 1.54) is 24.1 Å². The largest absolute Gasteiger partial charge is 0.497 e. The number of amides is 1. The average molecular weight is 386 g/mol. The number of alkyl halides is 3. The van der Waals surface area contributed by atoms with E-state index < -0.39 is 17.6 Å². The smallest absolute Gasteiger partial charge is 0.416 e. The maximum atomic E-state index is 12.6. The van der Waals surface area contributed by atoms with Crippen molar-refractivity contribution in [1.82, 2.24) is 9.79 Å². The van der Waals surface area contributed by atoms with Gasteiger partial charge in [0.15, 0.2) is 0 Å². The molecule has 2 aromatic rings. The third-order valence-electron chi connectivity index (χ3n) is 3.38. The summed E-state index contributed by atoms with van der Waals surface area (Å²) in [5.41, 5.74) is 1.42. The van der Waals surface area contributed by atoms with Crippen LogP contribution in [-0.4, -0.2) is 29.1 Å². The summed E-state index contributed by atoms with van der Waals surface area (Å²) < 4.78 is 44.6. The number of rotatable bonds is 7. The number of methoxy groups -OCH3 is 1. The zero-order chi connectivity index (χ0) is 19.2. The lowest BCUT2D eigenvalue weighted by Crippen LogP contribution is -2.31. The van der Waals surface area contributed by atoms with E-state index in [0.717, 1.165) is 17.0 Å². The number of halogens is 3. The van der Waals surface area contributed by atoms with Crippen LogP contribution in [0.5, 0.6) is 5.75 Å². The number of ether oxygens (including phenoxy) is 1. The van der Waals surface area contributed by atoms with Gasteiger partial charge in [-0.05, 0) is 53.9 Å². The molecule has 0 aliphatic heterocycles. The monoisotopic (exact) mass is 386 g/mol. The molecule has 0 saturated carbocycles. The second kappa shape index (κ2) is 8.93. The van der Waals surface area contributed by atoms with Gasteiger partial charge in [-0.2, -0.15) is 13.2 Å². The molecule has 0 fully saturated rings. The number of carbonyl (C=O) groups is 1. The first kappa shape index (κ1) is 20.1. The highest BCUT2D eigenvalue weighted by Gasteiger charge is 2.30. The van der Waals surface area contributed by atoms with Gasteiger partial charge in [0.1, 0.15) is 5.75 Å². The van der Waals surface area contributed by atoms with E-state index in [-0.39, 0.29) is 13.1 Å². The molecule has 0 atom stereocenters. The summed E-state index contributed by atoms with van der Waals surface area (Å²) in [4.78, 5) is 12.3. The van der Waals surface area contributed by atoms with Gasteiger partial charge in [-0.15, -0.1) is 0 Å². The number of hydrogen-bond donors (Lipinski definition) is 2. The van der Waals surface area contributed by atoms with Gasteiger partial charge in [-0.25, -0.2) is 9.79 Å². The SMILES string of the molecule is COc1ccc(SN(CC(=O)NO)Cc2ccc(C(F)(F)F)cc2)cc1. The molecule has 5 nitrogen and oxygen atoms in total. The molecule has 2 N–H and O–H groups in total. The normalized spacial score (nSPS) is 11.5. The predicted octanol–water partition coefficient (Wildman–Crippen LogP) is 3.73. The Morgan fingerprint density at radius 3 is 2.27 bits per heavy atom. The predicted molar refractivity (Wildman–Crippen MR) is 90.6 cm³/mol. The first-order valence-electron chi connectivity index (χ1n) is 7.48. The van der Waals surface area contributed by atoms with E-state index in [4.69, 9.17) is 9.94 Å². The van der Waals surface area contributed by atoms with E-state index in [2.05, 4.69) is 0 Å². The van der Waals surface area contributed by atoms with Crippen LogP contribution in [0.3, 0.4) is 0 Å². The minimum Gasteiger partial charge on any atom is -0.497 e. The molecule has 1 amide bonds. The number of nitrogens with zero attached hydrogens (tertiary/aromatic N) is 1.